The van der Waals surface area contributed by atoms with Gasteiger partial charge in [-0.2, -0.15) is 4.68 Å². The van der Waals surface area contributed by atoms with E-state index in [0.29, 0.717) is 5.69 Å². The minimum absolute atomic E-state index is 0.133. The number of aliphatic imine (C=N–C) groups is 1. The number of hydrogen-bond acceptors (Lipinski definition) is 7. The largest absolute Gasteiger partial charge is 0.382 e. The summed E-state index contributed by atoms with van der Waals surface area (Å²) in [4.78, 5) is 19.9. The second-order valence-corrected chi connectivity index (χ2v) is 3.91. The molecule has 0 fully saturated rings. The van der Waals surface area contributed by atoms with Gasteiger partial charge in [0.2, 0.25) is 0 Å². The summed E-state index contributed by atoms with van der Waals surface area (Å²) < 4.78 is 12.3. The van der Waals surface area contributed by atoms with Gasteiger partial charge in [0.1, 0.15) is 12.2 Å². The topological polar surface area (TPSA) is 122 Å². The standard InChI is InChI=1S/C10H15N7O3/c1-16-10(18)17-5-13-7(9(17)14-15-16)8(11)12-4-6(19-2)20-3/h5-6H,4H2,1-3H3,(H2,11,12). The molecule has 0 spiro atoms. The molecule has 10 nitrogen and oxygen atoms in total. The average molecular weight is 281 g/mol. The molecule has 2 rings (SSSR count). The summed E-state index contributed by atoms with van der Waals surface area (Å²) in [6, 6.07) is 0. The fourth-order valence-corrected chi connectivity index (χ4v) is 1.55. The second-order valence-electron chi connectivity index (χ2n) is 3.91. The Morgan fingerprint density at radius 3 is 2.85 bits per heavy atom. The normalized spacial score (nSPS) is 12.5. The summed E-state index contributed by atoms with van der Waals surface area (Å²) in [5.74, 6) is 0.133. The van der Waals surface area contributed by atoms with Crippen LogP contribution in [-0.4, -0.2) is 57.3 Å². The van der Waals surface area contributed by atoms with E-state index in [0.717, 1.165) is 4.68 Å². The molecule has 0 amide bonds. The van der Waals surface area contributed by atoms with E-state index in [1.54, 1.807) is 0 Å². The zero-order chi connectivity index (χ0) is 14.7. The molecule has 20 heavy (non-hydrogen) atoms. The fraction of sp³-hybridized carbons (Fsp3) is 0.500. The number of aryl methyl sites for hydroxylation is 1. The number of fused-ring (bicyclic) bond motifs is 1. The highest BCUT2D eigenvalue weighted by atomic mass is 16.7. The third-order valence-electron chi connectivity index (χ3n) is 2.68. The number of imidazole rings is 1. The maximum Gasteiger partial charge on any atom is 0.352 e. The third kappa shape index (κ3) is 2.51. The molecule has 0 bridgehead atoms. The fourth-order valence-electron chi connectivity index (χ4n) is 1.55. The Balaban J connectivity index is 2.36. The zero-order valence-electron chi connectivity index (χ0n) is 11.3. The van der Waals surface area contributed by atoms with Crippen molar-refractivity contribution in [2.45, 2.75) is 6.29 Å². The van der Waals surface area contributed by atoms with Crippen LogP contribution in [0, 0.1) is 0 Å². The van der Waals surface area contributed by atoms with Crippen molar-refractivity contribution >= 4 is 11.5 Å². The number of aromatic nitrogens is 5. The first-order valence-corrected chi connectivity index (χ1v) is 5.71. The molecule has 2 heterocycles. The van der Waals surface area contributed by atoms with Crippen molar-refractivity contribution in [3.63, 3.8) is 0 Å². The van der Waals surface area contributed by atoms with Crippen LogP contribution in [0.15, 0.2) is 16.1 Å². The minimum Gasteiger partial charge on any atom is -0.382 e. The Kier molecular flexibility index (Phi) is 4.05. The Morgan fingerprint density at radius 2 is 2.20 bits per heavy atom. The van der Waals surface area contributed by atoms with Gasteiger partial charge in [0.25, 0.3) is 0 Å². The lowest BCUT2D eigenvalue weighted by Crippen LogP contribution is -2.28. The van der Waals surface area contributed by atoms with E-state index in [4.69, 9.17) is 15.2 Å². The molecule has 108 valence electrons. The minimum atomic E-state index is -0.499. The molecule has 0 aromatic carbocycles. The van der Waals surface area contributed by atoms with Gasteiger partial charge >= 0.3 is 5.69 Å². The molecule has 0 saturated heterocycles. The van der Waals surface area contributed by atoms with E-state index in [9.17, 15) is 4.79 Å². The van der Waals surface area contributed by atoms with Crippen LogP contribution in [0.4, 0.5) is 0 Å². The van der Waals surface area contributed by atoms with Crippen molar-refractivity contribution in [1.82, 2.24) is 24.4 Å². The average Bonchev–Trinajstić information content (AvgIpc) is 2.88. The van der Waals surface area contributed by atoms with Gasteiger partial charge in [0.05, 0.1) is 6.54 Å². The van der Waals surface area contributed by atoms with Gasteiger partial charge in [-0.3, -0.25) is 4.99 Å². The highest BCUT2D eigenvalue weighted by molar-refractivity contribution is 6.00. The molecule has 0 radical (unpaired) electrons. The monoisotopic (exact) mass is 281 g/mol. The quantitative estimate of drug-likeness (QED) is 0.387. The van der Waals surface area contributed by atoms with E-state index in [2.05, 4.69) is 20.3 Å². The number of hydrogen-bond donors (Lipinski definition) is 1. The smallest absolute Gasteiger partial charge is 0.352 e. The summed E-state index contributed by atoms with van der Waals surface area (Å²) in [6.45, 7) is 0.204. The number of rotatable bonds is 5. The van der Waals surface area contributed by atoms with E-state index in [1.807, 2.05) is 0 Å². The highest BCUT2D eigenvalue weighted by Crippen LogP contribution is 2.03. The Bertz CT molecular complexity index is 686. The van der Waals surface area contributed by atoms with Crippen molar-refractivity contribution in [3.05, 3.63) is 22.5 Å². The van der Waals surface area contributed by atoms with Gasteiger partial charge in [0, 0.05) is 21.3 Å². The maximum atomic E-state index is 11.8. The van der Waals surface area contributed by atoms with Crippen LogP contribution < -0.4 is 11.4 Å². The summed E-state index contributed by atoms with van der Waals surface area (Å²) in [7, 11) is 4.50. The lowest BCUT2D eigenvalue weighted by atomic mass is 10.4. The second kappa shape index (κ2) is 5.75. The number of nitrogens with zero attached hydrogens (tertiary/aromatic N) is 6. The SMILES string of the molecule is COC(CN=C(N)c1ncn2c(=O)n(C)nnc12)OC. The molecule has 2 aromatic rings. The van der Waals surface area contributed by atoms with Crippen molar-refractivity contribution < 1.29 is 9.47 Å². The van der Waals surface area contributed by atoms with Crippen molar-refractivity contribution in [2.75, 3.05) is 20.8 Å². The molecule has 2 aromatic heterocycles. The van der Waals surface area contributed by atoms with Crippen LogP contribution in [-0.2, 0) is 16.5 Å². The molecular formula is C10H15N7O3. The Hall–Kier alpha value is -2.33. The van der Waals surface area contributed by atoms with Crippen molar-refractivity contribution in [3.8, 4) is 0 Å². The van der Waals surface area contributed by atoms with E-state index >= 15 is 0 Å². The first-order chi connectivity index (χ1) is 9.58. The molecule has 10 heteroatoms. The van der Waals surface area contributed by atoms with Gasteiger partial charge in [-0.25, -0.2) is 14.2 Å². The first kappa shape index (κ1) is 14.1. The highest BCUT2D eigenvalue weighted by Gasteiger charge is 2.13. The summed E-state index contributed by atoms with van der Waals surface area (Å²) in [5, 5.41) is 7.56. The lowest BCUT2D eigenvalue weighted by Gasteiger charge is -2.10. The number of nitrogens with two attached hydrogens (primary N) is 1. The van der Waals surface area contributed by atoms with Gasteiger partial charge in [-0.05, 0) is 0 Å². The van der Waals surface area contributed by atoms with Crippen molar-refractivity contribution in [1.29, 1.82) is 0 Å². The molecular weight excluding hydrogens is 266 g/mol. The molecule has 0 atom stereocenters. The van der Waals surface area contributed by atoms with Crippen LogP contribution in [0.25, 0.3) is 5.65 Å². The van der Waals surface area contributed by atoms with Gasteiger partial charge in [-0.1, -0.05) is 5.21 Å². The summed E-state index contributed by atoms with van der Waals surface area (Å²) in [5.41, 5.74) is 6.01. The molecule has 0 saturated carbocycles. The number of ether oxygens (including phenoxy) is 2. The predicted molar refractivity (Wildman–Crippen MR) is 69.4 cm³/mol. The first-order valence-electron chi connectivity index (χ1n) is 5.71. The molecule has 2 N–H and O–H groups in total. The van der Waals surface area contributed by atoms with Gasteiger partial charge < -0.3 is 15.2 Å². The lowest BCUT2D eigenvalue weighted by molar-refractivity contribution is -0.0936. The zero-order valence-corrected chi connectivity index (χ0v) is 11.3. The summed E-state index contributed by atoms with van der Waals surface area (Å²) in [6.07, 6.45) is 0.829. The number of amidine groups is 1. The van der Waals surface area contributed by atoms with Crippen LogP contribution in [0.1, 0.15) is 5.69 Å². The van der Waals surface area contributed by atoms with Crippen LogP contribution >= 0.6 is 0 Å². The Labute approximate surface area is 113 Å². The maximum absolute atomic E-state index is 11.8. The van der Waals surface area contributed by atoms with E-state index in [-0.39, 0.29) is 23.7 Å². The Morgan fingerprint density at radius 1 is 1.50 bits per heavy atom. The van der Waals surface area contributed by atoms with E-state index < -0.39 is 6.29 Å². The van der Waals surface area contributed by atoms with Gasteiger partial charge in [-0.15, -0.1) is 5.10 Å². The predicted octanol–water partition coefficient (Wildman–Crippen LogP) is -1.85. The van der Waals surface area contributed by atoms with Gasteiger partial charge in [0.15, 0.2) is 17.6 Å². The number of methoxy groups -OCH3 is 2. The molecule has 0 aliphatic carbocycles. The molecule has 0 aliphatic rings. The molecule has 0 aliphatic heterocycles. The third-order valence-corrected chi connectivity index (χ3v) is 2.68. The molecule has 0 unspecified atom stereocenters. The van der Waals surface area contributed by atoms with Crippen LogP contribution in [0.2, 0.25) is 0 Å². The van der Waals surface area contributed by atoms with Crippen LogP contribution in [0.3, 0.4) is 0 Å². The summed E-state index contributed by atoms with van der Waals surface area (Å²) >= 11 is 0. The van der Waals surface area contributed by atoms with Crippen molar-refractivity contribution in [2.24, 2.45) is 17.8 Å². The van der Waals surface area contributed by atoms with E-state index in [1.165, 1.54) is 32.0 Å². The van der Waals surface area contributed by atoms with Crippen LogP contribution in [0.5, 0.6) is 0 Å².